The zero-order valence-corrected chi connectivity index (χ0v) is 11.8. The molecule has 1 aliphatic carbocycles. The summed E-state index contributed by atoms with van der Waals surface area (Å²) in [6.45, 7) is 1.30. The van der Waals surface area contributed by atoms with Crippen molar-refractivity contribution in [3.8, 4) is 5.75 Å². The number of hydrogen-bond donors (Lipinski definition) is 2. The highest BCUT2D eigenvalue weighted by atomic mass is 35.5. The average molecular weight is 290 g/mol. The first-order valence-electron chi connectivity index (χ1n) is 5.99. The molecule has 0 spiro atoms. The van der Waals surface area contributed by atoms with Gasteiger partial charge in [0.05, 0.1) is 10.6 Å². The fourth-order valence-electron chi connectivity index (χ4n) is 2.20. The quantitative estimate of drug-likeness (QED) is 0.873. The molecule has 0 saturated heterocycles. The monoisotopic (exact) mass is 289 g/mol. The minimum absolute atomic E-state index is 0.0298. The van der Waals surface area contributed by atoms with Gasteiger partial charge in [0.25, 0.3) is 0 Å². The molecule has 0 aromatic heterocycles. The second kappa shape index (κ2) is 5.66. The van der Waals surface area contributed by atoms with Crippen molar-refractivity contribution in [1.82, 2.24) is 5.32 Å². The van der Waals surface area contributed by atoms with Crippen LogP contribution in [0.1, 0.15) is 24.8 Å². The smallest absolute Gasteiger partial charge is 0.138 e. The Morgan fingerprint density at radius 1 is 1.39 bits per heavy atom. The normalized spacial score (nSPS) is 17.5. The molecule has 0 radical (unpaired) electrons. The first-order chi connectivity index (χ1) is 8.56. The highest BCUT2D eigenvalue weighted by Crippen LogP contribution is 2.35. The third-order valence-electron chi connectivity index (χ3n) is 3.57. The van der Waals surface area contributed by atoms with Gasteiger partial charge in [0.1, 0.15) is 5.75 Å². The van der Waals surface area contributed by atoms with Gasteiger partial charge in [0.15, 0.2) is 0 Å². The maximum absolute atomic E-state index is 9.82. The van der Waals surface area contributed by atoms with E-state index < -0.39 is 0 Å². The van der Waals surface area contributed by atoms with E-state index in [1.807, 2.05) is 0 Å². The van der Waals surface area contributed by atoms with Crippen molar-refractivity contribution < 1.29 is 9.84 Å². The number of nitrogens with one attached hydrogen (secondary N) is 1. The Kier molecular flexibility index (Phi) is 4.38. The molecule has 1 fully saturated rings. The number of ether oxygens (including phenoxy) is 1. The summed E-state index contributed by atoms with van der Waals surface area (Å²) in [7, 11) is 1.74. The van der Waals surface area contributed by atoms with Crippen LogP contribution in [0.4, 0.5) is 0 Å². The molecule has 0 aliphatic heterocycles. The molecule has 3 nitrogen and oxygen atoms in total. The van der Waals surface area contributed by atoms with Gasteiger partial charge in [0.2, 0.25) is 0 Å². The van der Waals surface area contributed by atoms with Gasteiger partial charge in [-0.3, -0.25) is 0 Å². The number of rotatable bonds is 5. The largest absolute Gasteiger partial charge is 0.506 e. The van der Waals surface area contributed by atoms with Crippen molar-refractivity contribution in [2.45, 2.75) is 31.4 Å². The van der Waals surface area contributed by atoms with Gasteiger partial charge in [-0.2, -0.15) is 0 Å². The number of phenols is 1. The summed E-state index contributed by atoms with van der Waals surface area (Å²) in [6, 6.07) is 3.25. The highest BCUT2D eigenvalue weighted by Gasteiger charge is 2.36. The van der Waals surface area contributed by atoms with Crippen LogP contribution in [0.5, 0.6) is 5.75 Å². The maximum Gasteiger partial charge on any atom is 0.138 e. The second-order valence-electron chi connectivity index (χ2n) is 4.74. The van der Waals surface area contributed by atoms with Crippen LogP contribution in [0.3, 0.4) is 0 Å². The van der Waals surface area contributed by atoms with E-state index in [1.54, 1.807) is 13.2 Å². The fourth-order valence-corrected chi connectivity index (χ4v) is 2.74. The lowest BCUT2D eigenvalue weighted by atomic mass is 9.80. The topological polar surface area (TPSA) is 41.5 Å². The summed E-state index contributed by atoms with van der Waals surface area (Å²) in [5.41, 5.74) is 0.677. The van der Waals surface area contributed by atoms with E-state index in [4.69, 9.17) is 27.9 Å². The summed E-state index contributed by atoms with van der Waals surface area (Å²) in [5, 5.41) is 13.9. The zero-order valence-electron chi connectivity index (χ0n) is 10.3. The average Bonchev–Trinajstić information content (AvgIpc) is 2.28. The van der Waals surface area contributed by atoms with E-state index in [0.717, 1.165) is 19.4 Å². The molecule has 0 unspecified atom stereocenters. The van der Waals surface area contributed by atoms with Gasteiger partial charge in [-0.25, -0.2) is 0 Å². The Morgan fingerprint density at radius 2 is 2.11 bits per heavy atom. The van der Waals surface area contributed by atoms with Crippen molar-refractivity contribution in [3.05, 3.63) is 27.7 Å². The summed E-state index contributed by atoms with van der Waals surface area (Å²) >= 11 is 11.8. The summed E-state index contributed by atoms with van der Waals surface area (Å²) in [5.74, 6) is 0.0913. The van der Waals surface area contributed by atoms with Gasteiger partial charge in [-0.1, -0.05) is 23.2 Å². The lowest BCUT2D eigenvalue weighted by molar-refractivity contribution is -0.0695. The molecule has 0 atom stereocenters. The SMILES string of the molecule is COC1(CNCc2cc(Cl)cc(Cl)c2O)CCC1. The molecule has 1 saturated carbocycles. The second-order valence-corrected chi connectivity index (χ2v) is 5.58. The van der Waals surface area contributed by atoms with Gasteiger partial charge < -0.3 is 15.2 Å². The molecule has 18 heavy (non-hydrogen) atoms. The van der Waals surface area contributed by atoms with Gasteiger partial charge in [-0.05, 0) is 31.4 Å². The van der Waals surface area contributed by atoms with Crippen LogP contribution < -0.4 is 5.32 Å². The van der Waals surface area contributed by atoms with Crippen molar-refractivity contribution >= 4 is 23.2 Å². The van der Waals surface area contributed by atoms with Crippen molar-refractivity contribution in [2.75, 3.05) is 13.7 Å². The van der Waals surface area contributed by atoms with Crippen LogP contribution in [-0.2, 0) is 11.3 Å². The van der Waals surface area contributed by atoms with Crippen LogP contribution in [-0.4, -0.2) is 24.4 Å². The standard InChI is InChI=1S/C13H17Cl2NO2/c1-18-13(3-2-4-13)8-16-7-9-5-10(14)6-11(15)12(9)17/h5-6,16-17H,2-4,7-8H2,1H3. The highest BCUT2D eigenvalue weighted by molar-refractivity contribution is 6.35. The predicted molar refractivity (Wildman–Crippen MR) is 73.4 cm³/mol. The third-order valence-corrected chi connectivity index (χ3v) is 4.07. The summed E-state index contributed by atoms with van der Waals surface area (Å²) in [6.07, 6.45) is 3.38. The number of hydrogen-bond acceptors (Lipinski definition) is 3. The van der Waals surface area contributed by atoms with Crippen LogP contribution in [0.25, 0.3) is 0 Å². The maximum atomic E-state index is 9.82. The number of phenolic OH excluding ortho intramolecular Hbond substituents is 1. The van der Waals surface area contributed by atoms with E-state index in [1.165, 1.54) is 12.5 Å². The molecule has 100 valence electrons. The number of methoxy groups -OCH3 is 1. The first kappa shape index (κ1) is 13.9. The van der Waals surface area contributed by atoms with E-state index in [9.17, 15) is 5.11 Å². The van der Waals surface area contributed by atoms with Crippen LogP contribution in [0.2, 0.25) is 10.0 Å². The Hall–Kier alpha value is -0.480. The molecule has 2 N–H and O–H groups in total. The van der Waals surface area contributed by atoms with Gasteiger partial charge in [-0.15, -0.1) is 0 Å². The molecule has 0 bridgehead atoms. The Balaban J connectivity index is 1.94. The van der Waals surface area contributed by atoms with E-state index >= 15 is 0 Å². The van der Waals surface area contributed by atoms with Gasteiger partial charge in [0, 0.05) is 30.8 Å². The Bertz CT molecular complexity index is 428. The third kappa shape index (κ3) is 2.91. The van der Waals surface area contributed by atoms with Crippen LogP contribution in [0.15, 0.2) is 12.1 Å². The minimum Gasteiger partial charge on any atom is -0.506 e. The van der Waals surface area contributed by atoms with Crippen molar-refractivity contribution in [2.24, 2.45) is 0 Å². The van der Waals surface area contributed by atoms with Crippen molar-refractivity contribution in [1.29, 1.82) is 0 Å². The number of aromatic hydroxyl groups is 1. The fraction of sp³-hybridized carbons (Fsp3) is 0.538. The molecule has 0 heterocycles. The number of benzene rings is 1. The molecule has 1 aliphatic rings. The lowest BCUT2D eigenvalue weighted by Gasteiger charge is -2.40. The summed E-state index contributed by atoms with van der Waals surface area (Å²) in [4.78, 5) is 0. The van der Waals surface area contributed by atoms with Gasteiger partial charge >= 0.3 is 0 Å². The summed E-state index contributed by atoms with van der Waals surface area (Å²) < 4.78 is 5.51. The molecular weight excluding hydrogens is 273 g/mol. The molecule has 1 aromatic rings. The van der Waals surface area contributed by atoms with E-state index in [0.29, 0.717) is 17.1 Å². The Labute approximate surface area is 117 Å². The van der Waals surface area contributed by atoms with Crippen LogP contribution >= 0.6 is 23.2 Å². The molecule has 1 aromatic carbocycles. The molecule has 2 rings (SSSR count). The molecule has 0 amide bonds. The minimum atomic E-state index is -0.0298. The number of halogens is 2. The molecule has 5 heteroatoms. The molecular formula is C13H17Cl2NO2. The zero-order chi connectivity index (χ0) is 13.2. The van der Waals surface area contributed by atoms with Crippen LogP contribution in [0, 0.1) is 0 Å². The predicted octanol–water partition coefficient (Wildman–Crippen LogP) is 3.36. The first-order valence-corrected chi connectivity index (χ1v) is 6.75. The van der Waals surface area contributed by atoms with E-state index in [2.05, 4.69) is 5.32 Å². The Morgan fingerprint density at radius 3 is 2.67 bits per heavy atom. The van der Waals surface area contributed by atoms with Crippen molar-refractivity contribution in [3.63, 3.8) is 0 Å². The lowest BCUT2D eigenvalue weighted by Crippen LogP contribution is -2.47. The van der Waals surface area contributed by atoms with E-state index in [-0.39, 0.29) is 16.4 Å².